The summed E-state index contributed by atoms with van der Waals surface area (Å²) in [7, 11) is 0. The lowest BCUT2D eigenvalue weighted by Crippen LogP contribution is -2.43. The molecule has 0 unspecified atom stereocenters. The highest BCUT2D eigenvalue weighted by Gasteiger charge is 2.26. The van der Waals surface area contributed by atoms with Crippen LogP contribution in [0.25, 0.3) is 0 Å². The van der Waals surface area contributed by atoms with Crippen LogP contribution < -0.4 is 5.32 Å². The van der Waals surface area contributed by atoms with Crippen LogP contribution in [0.1, 0.15) is 37.4 Å². The first kappa shape index (κ1) is 12.6. The second-order valence-electron chi connectivity index (χ2n) is 5.56. The minimum atomic E-state index is 0.157. The largest absolute Gasteiger partial charge is 0.343 e. The third-order valence-corrected chi connectivity index (χ3v) is 4.12. The Labute approximate surface area is 112 Å². The fourth-order valence-corrected chi connectivity index (χ4v) is 2.71. The summed E-state index contributed by atoms with van der Waals surface area (Å²) in [5.41, 5.74) is 0. The summed E-state index contributed by atoms with van der Waals surface area (Å²) in [5.74, 6) is 2.73. The summed E-state index contributed by atoms with van der Waals surface area (Å²) < 4.78 is 5.33. The van der Waals surface area contributed by atoms with Gasteiger partial charge in [-0.05, 0) is 31.8 Å². The van der Waals surface area contributed by atoms with Crippen LogP contribution in [-0.2, 0) is 11.2 Å². The smallest absolute Gasteiger partial charge is 0.227 e. The molecule has 1 aromatic heterocycles. The van der Waals surface area contributed by atoms with Crippen LogP contribution >= 0.6 is 0 Å². The minimum Gasteiger partial charge on any atom is -0.343 e. The predicted molar refractivity (Wildman–Crippen MR) is 68.6 cm³/mol. The number of carbonyl (C=O) groups is 1. The standard InChI is InChI=1S/C13H20N4O2/c1-9(18)17-4-2-11(3-5-17)13-15-12(19-16-13)6-10-7-14-8-10/h10-11,14H,2-8H2,1H3. The van der Waals surface area contributed by atoms with E-state index in [9.17, 15) is 4.79 Å². The van der Waals surface area contributed by atoms with E-state index in [0.717, 1.165) is 57.2 Å². The van der Waals surface area contributed by atoms with Crippen LogP contribution in [0.4, 0.5) is 0 Å². The van der Waals surface area contributed by atoms with Crippen molar-refractivity contribution in [1.29, 1.82) is 0 Å². The maximum atomic E-state index is 11.3. The number of rotatable bonds is 3. The molecule has 0 atom stereocenters. The first-order valence-corrected chi connectivity index (χ1v) is 7.01. The summed E-state index contributed by atoms with van der Waals surface area (Å²) >= 11 is 0. The van der Waals surface area contributed by atoms with E-state index in [1.165, 1.54) is 0 Å². The van der Waals surface area contributed by atoms with Gasteiger partial charge < -0.3 is 14.7 Å². The quantitative estimate of drug-likeness (QED) is 0.863. The summed E-state index contributed by atoms with van der Waals surface area (Å²) in [6.07, 6.45) is 2.75. The number of aromatic nitrogens is 2. The number of amides is 1. The first-order chi connectivity index (χ1) is 9.22. The molecule has 0 bridgehead atoms. The topological polar surface area (TPSA) is 71.3 Å². The molecule has 1 amide bonds. The van der Waals surface area contributed by atoms with Crippen molar-refractivity contribution in [3.05, 3.63) is 11.7 Å². The van der Waals surface area contributed by atoms with Crippen molar-refractivity contribution in [2.45, 2.75) is 32.1 Å². The Morgan fingerprint density at radius 1 is 1.42 bits per heavy atom. The average molecular weight is 264 g/mol. The van der Waals surface area contributed by atoms with E-state index in [-0.39, 0.29) is 5.91 Å². The molecule has 1 aromatic rings. The Balaban J connectivity index is 1.56. The van der Waals surface area contributed by atoms with Crippen molar-refractivity contribution in [2.24, 2.45) is 5.92 Å². The normalized spacial score (nSPS) is 21.4. The monoisotopic (exact) mass is 264 g/mol. The summed E-state index contributed by atoms with van der Waals surface area (Å²) in [5, 5.41) is 7.35. The van der Waals surface area contributed by atoms with E-state index < -0.39 is 0 Å². The van der Waals surface area contributed by atoms with Crippen LogP contribution in [0.15, 0.2) is 4.52 Å². The Morgan fingerprint density at radius 3 is 2.74 bits per heavy atom. The lowest BCUT2D eigenvalue weighted by molar-refractivity contribution is -0.129. The van der Waals surface area contributed by atoms with Gasteiger partial charge in [-0.3, -0.25) is 4.79 Å². The first-order valence-electron chi connectivity index (χ1n) is 7.01. The van der Waals surface area contributed by atoms with Gasteiger partial charge in [0.2, 0.25) is 11.8 Å². The van der Waals surface area contributed by atoms with Gasteiger partial charge in [-0.1, -0.05) is 5.16 Å². The molecule has 2 aliphatic heterocycles. The van der Waals surface area contributed by atoms with Gasteiger partial charge in [0.15, 0.2) is 5.82 Å². The number of hydrogen-bond acceptors (Lipinski definition) is 5. The molecule has 0 aromatic carbocycles. The lowest BCUT2D eigenvalue weighted by atomic mass is 9.96. The van der Waals surface area contributed by atoms with E-state index in [1.54, 1.807) is 6.92 Å². The SMILES string of the molecule is CC(=O)N1CCC(c2noc(CC3CNC3)n2)CC1. The van der Waals surface area contributed by atoms with Gasteiger partial charge in [0.25, 0.3) is 0 Å². The summed E-state index contributed by atoms with van der Waals surface area (Å²) in [4.78, 5) is 17.7. The van der Waals surface area contributed by atoms with Gasteiger partial charge in [-0.2, -0.15) is 4.98 Å². The molecule has 1 N–H and O–H groups in total. The van der Waals surface area contributed by atoms with E-state index in [0.29, 0.717) is 11.8 Å². The zero-order chi connectivity index (χ0) is 13.2. The number of likely N-dealkylation sites (tertiary alicyclic amines) is 1. The van der Waals surface area contributed by atoms with E-state index >= 15 is 0 Å². The van der Waals surface area contributed by atoms with Crippen molar-refractivity contribution in [3.63, 3.8) is 0 Å². The zero-order valence-electron chi connectivity index (χ0n) is 11.3. The second kappa shape index (κ2) is 5.28. The van der Waals surface area contributed by atoms with Crippen LogP contribution in [0.3, 0.4) is 0 Å². The number of carbonyl (C=O) groups excluding carboxylic acids is 1. The molecule has 3 rings (SSSR count). The summed E-state index contributed by atoms with van der Waals surface area (Å²) in [6.45, 7) is 5.33. The molecular weight excluding hydrogens is 244 g/mol. The van der Waals surface area contributed by atoms with Crippen LogP contribution in [0.2, 0.25) is 0 Å². The Morgan fingerprint density at radius 2 is 2.16 bits per heavy atom. The average Bonchev–Trinajstić information content (AvgIpc) is 2.82. The van der Waals surface area contributed by atoms with Gasteiger partial charge in [-0.25, -0.2) is 0 Å². The number of piperidine rings is 1. The van der Waals surface area contributed by atoms with Crippen molar-refractivity contribution < 1.29 is 9.32 Å². The molecule has 6 nitrogen and oxygen atoms in total. The second-order valence-corrected chi connectivity index (χ2v) is 5.56. The molecule has 0 radical (unpaired) electrons. The fourth-order valence-electron chi connectivity index (χ4n) is 2.71. The van der Waals surface area contributed by atoms with Crippen molar-refractivity contribution in [2.75, 3.05) is 26.2 Å². The van der Waals surface area contributed by atoms with Crippen molar-refractivity contribution in [3.8, 4) is 0 Å². The van der Waals surface area contributed by atoms with Gasteiger partial charge in [0, 0.05) is 32.4 Å². The molecule has 6 heteroatoms. The van der Waals surface area contributed by atoms with Crippen molar-refractivity contribution >= 4 is 5.91 Å². The number of hydrogen-bond donors (Lipinski definition) is 1. The van der Waals surface area contributed by atoms with E-state index in [1.807, 2.05) is 4.90 Å². The minimum absolute atomic E-state index is 0.157. The molecule has 19 heavy (non-hydrogen) atoms. The molecule has 0 aliphatic carbocycles. The highest BCUT2D eigenvalue weighted by Crippen LogP contribution is 2.26. The number of nitrogens with zero attached hydrogens (tertiary/aromatic N) is 3. The Bertz CT molecular complexity index is 447. The molecule has 0 spiro atoms. The van der Waals surface area contributed by atoms with E-state index in [2.05, 4.69) is 15.5 Å². The zero-order valence-corrected chi connectivity index (χ0v) is 11.3. The van der Waals surface area contributed by atoms with Crippen LogP contribution in [-0.4, -0.2) is 47.1 Å². The molecule has 0 saturated carbocycles. The fraction of sp³-hybridized carbons (Fsp3) is 0.769. The van der Waals surface area contributed by atoms with E-state index in [4.69, 9.17) is 4.52 Å². The highest BCUT2D eigenvalue weighted by molar-refractivity contribution is 5.73. The molecule has 2 saturated heterocycles. The van der Waals surface area contributed by atoms with Gasteiger partial charge in [0.05, 0.1) is 0 Å². The molecule has 3 heterocycles. The van der Waals surface area contributed by atoms with Crippen LogP contribution in [0.5, 0.6) is 0 Å². The predicted octanol–water partition coefficient (Wildman–Crippen LogP) is 0.557. The molecular formula is C13H20N4O2. The maximum absolute atomic E-state index is 11.3. The lowest BCUT2D eigenvalue weighted by Gasteiger charge is -2.29. The van der Waals surface area contributed by atoms with Gasteiger partial charge in [-0.15, -0.1) is 0 Å². The molecule has 2 fully saturated rings. The highest BCUT2D eigenvalue weighted by atomic mass is 16.5. The third-order valence-electron chi connectivity index (χ3n) is 4.12. The van der Waals surface area contributed by atoms with Gasteiger partial charge in [0.1, 0.15) is 0 Å². The van der Waals surface area contributed by atoms with Crippen LogP contribution in [0, 0.1) is 5.92 Å². The number of nitrogens with one attached hydrogen (secondary N) is 1. The summed E-state index contributed by atoms with van der Waals surface area (Å²) in [6, 6.07) is 0. The maximum Gasteiger partial charge on any atom is 0.227 e. The Hall–Kier alpha value is -1.43. The van der Waals surface area contributed by atoms with Crippen molar-refractivity contribution in [1.82, 2.24) is 20.4 Å². The molecule has 104 valence electrons. The molecule has 2 aliphatic rings. The van der Waals surface area contributed by atoms with Gasteiger partial charge >= 0.3 is 0 Å². The third kappa shape index (κ3) is 2.78. The Kier molecular flexibility index (Phi) is 3.50.